The highest BCUT2D eigenvalue weighted by atomic mass is 32.7. The van der Waals surface area contributed by atoms with Crippen molar-refractivity contribution in [3.05, 3.63) is 59.7 Å². The van der Waals surface area contributed by atoms with Crippen LogP contribution < -0.4 is 0 Å². The molecule has 2 aromatic carbocycles. The van der Waals surface area contributed by atoms with Crippen LogP contribution in [-0.4, -0.2) is 24.6 Å². The molecule has 0 saturated heterocycles. The number of hydrogen-bond donors (Lipinski definition) is 1. The lowest BCUT2D eigenvalue weighted by atomic mass is 10.0. The summed E-state index contributed by atoms with van der Waals surface area (Å²) in [6.07, 6.45) is 2.02. The first-order valence-electron chi connectivity index (χ1n) is 8.02. The van der Waals surface area contributed by atoms with Gasteiger partial charge < -0.3 is 14.2 Å². The molecule has 0 saturated carbocycles. The number of hydrogen-bond acceptors (Lipinski definition) is 6. The second-order valence-electron chi connectivity index (χ2n) is 5.10. The highest BCUT2D eigenvalue weighted by Crippen LogP contribution is 2.67. The van der Waals surface area contributed by atoms with Crippen LogP contribution in [0.15, 0.2) is 53.4 Å². The molecular formula is C18H23O4PS2. The van der Waals surface area contributed by atoms with Crippen LogP contribution in [0.3, 0.4) is 0 Å². The van der Waals surface area contributed by atoms with Gasteiger partial charge in [-0.25, -0.2) is 4.57 Å². The summed E-state index contributed by atoms with van der Waals surface area (Å²) >= 11 is 2.78. The number of phenolic OH excluding ortho intramolecular Hbond substituents is 1. The topological polar surface area (TPSA) is 55.8 Å². The van der Waals surface area contributed by atoms with Gasteiger partial charge in [0.15, 0.2) is 0 Å². The van der Waals surface area contributed by atoms with E-state index in [9.17, 15) is 9.67 Å². The molecule has 0 aromatic heterocycles. The van der Waals surface area contributed by atoms with Crippen molar-refractivity contribution in [2.24, 2.45) is 0 Å². The lowest BCUT2D eigenvalue weighted by Gasteiger charge is -2.23. The third kappa shape index (κ3) is 5.53. The van der Waals surface area contributed by atoms with Crippen LogP contribution in [0.1, 0.15) is 30.2 Å². The van der Waals surface area contributed by atoms with Gasteiger partial charge >= 0.3 is 6.80 Å². The molecule has 0 bridgehead atoms. The molecule has 0 spiro atoms. The van der Waals surface area contributed by atoms with Gasteiger partial charge in [-0.05, 0) is 55.2 Å². The molecule has 25 heavy (non-hydrogen) atoms. The fraction of sp³-hybridized carbons (Fsp3) is 0.333. The first-order valence-corrected chi connectivity index (χ1v) is 12.3. The van der Waals surface area contributed by atoms with Crippen molar-refractivity contribution in [1.82, 2.24) is 0 Å². The summed E-state index contributed by atoms with van der Waals surface area (Å²) in [5.74, 6) is 0.161. The Balaban J connectivity index is 2.44. The Morgan fingerprint density at radius 1 is 1.04 bits per heavy atom. The standard InChI is InChI=1S/C18H23O4PS2/c1-4-21-23(20,22-5-2)25-18(16-8-6-7-9-17(16)19)14-10-12-15(24-3)13-11-14/h6-13,18-19H,4-5H2,1-3H3. The fourth-order valence-corrected chi connectivity index (χ4v) is 6.89. The van der Waals surface area contributed by atoms with Crippen molar-refractivity contribution in [1.29, 1.82) is 0 Å². The SMILES string of the molecule is CCOP(=O)(OCC)SC(c1ccc(SC)cc1)c1ccccc1O. The van der Waals surface area contributed by atoms with Crippen molar-refractivity contribution in [2.75, 3.05) is 19.5 Å². The van der Waals surface area contributed by atoms with Crippen LogP contribution in [0.4, 0.5) is 0 Å². The normalized spacial score (nSPS) is 12.9. The zero-order valence-corrected chi connectivity index (χ0v) is 17.1. The lowest BCUT2D eigenvalue weighted by Crippen LogP contribution is -2.01. The number of thioether (sulfide) groups is 1. The van der Waals surface area contributed by atoms with E-state index in [1.54, 1.807) is 37.7 Å². The second kappa shape index (κ2) is 9.70. The predicted molar refractivity (Wildman–Crippen MR) is 107 cm³/mol. The molecular weight excluding hydrogens is 375 g/mol. The maximum Gasteiger partial charge on any atom is 0.390 e. The van der Waals surface area contributed by atoms with E-state index in [0.717, 1.165) is 21.8 Å². The van der Waals surface area contributed by atoms with Crippen molar-refractivity contribution >= 4 is 29.9 Å². The largest absolute Gasteiger partial charge is 0.508 e. The average molecular weight is 398 g/mol. The summed E-state index contributed by atoms with van der Waals surface area (Å²) in [5, 5.41) is 9.95. The summed E-state index contributed by atoms with van der Waals surface area (Å²) < 4.78 is 23.9. The van der Waals surface area contributed by atoms with E-state index in [1.807, 2.05) is 42.7 Å². The highest BCUT2D eigenvalue weighted by Gasteiger charge is 2.32. The lowest BCUT2D eigenvalue weighted by molar-refractivity contribution is 0.236. The number of para-hydroxylation sites is 1. The zero-order valence-electron chi connectivity index (χ0n) is 14.5. The number of phenols is 1. The molecule has 0 aliphatic heterocycles. The van der Waals surface area contributed by atoms with Gasteiger partial charge in [0.05, 0.1) is 18.5 Å². The molecule has 1 unspecified atom stereocenters. The number of benzene rings is 2. The van der Waals surface area contributed by atoms with E-state index in [4.69, 9.17) is 9.05 Å². The Bertz CT molecular complexity index is 711. The Morgan fingerprint density at radius 3 is 2.16 bits per heavy atom. The molecule has 0 fully saturated rings. The minimum Gasteiger partial charge on any atom is -0.508 e. The molecule has 2 aromatic rings. The molecule has 7 heteroatoms. The number of aromatic hydroxyl groups is 1. The Morgan fingerprint density at radius 2 is 1.64 bits per heavy atom. The zero-order chi connectivity index (χ0) is 18.3. The maximum absolute atomic E-state index is 13.0. The molecule has 0 heterocycles. The van der Waals surface area contributed by atoms with Crippen molar-refractivity contribution in [3.63, 3.8) is 0 Å². The molecule has 4 nitrogen and oxygen atoms in total. The monoisotopic (exact) mass is 398 g/mol. The van der Waals surface area contributed by atoms with Crippen molar-refractivity contribution in [3.8, 4) is 5.75 Å². The van der Waals surface area contributed by atoms with Crippen LogP contribution in [0.5, 0.6) is 5.75 Å². The summed E-state index contributed by atoms with van der Waals surface area (Å²) in [6, 6.07) is 15.1. The highest BCUT2D eigenvalue weighted by molar-refractivity contribution is 8.55. The summed E-state index contributed by atoms with van der Waals surface area (Å²) in [4.78, 5) is 1.14. The van der Waals surface area contributed by atoms with E-state index < -0.39 is 6.80 Å². The van der Waals surface area contributed by atoms with Crippen LogP contribution >= 0.6 is 29.9 Å². The van der Waals surface area contributed by atoms with Gasteiger partial charge in [0, 0.05) is 10.5 Å². The minimum atomic E-state index is -3.34. The van der Waals surface area contributed by atoms with Gasteiger partial charge in [-0.2, -0.15) is 0 Å². The van der Waals surface area contributed by atoms with Gasteiger partial charge in [-0.3, -0.25) is 0 Å². The van der Waals surface area contributed by atoms with E-state index in [1.165, 1.54) is 0 Å². The molecule has 2 rings (SSSR count). The van der Waals surface area contributed by atoms with E-state index in [0.29, 0.717) is 18.8 Å². The van der Waals surface area contributed by atoms with Gasteiger partial charge in [0.25, 0.3) is 0 Å². The molecule has 1 atom stereocenters. The quantitative estimate of drug-likeness (QED) is 0.406. The third-order valence-corrected chi connectivity index (χ3v) is 8.37. The fourth-order valence-electron chi connectivity index (χ4n) is 2.33. The van der Waals surface area contributed by atoms with Crippen molar-refractivity contribution < 1.29 is 18.7 Å². The van der Waals surface area contributed by atoms with E-state index in [2.05, 4.69) is 0 Å². The Hall–Kier alpha value is -0.910. The van der Waals surface area contributed by atoms with Gasteiger partial charge in [-0.1, -0.05) is 30.3 Å². The predicted octanol–water partition coefficient (Wildman–Crippen LogP) is 6.12. The molecule has 0 aliphatic rings. The Kier molecular flexibility index (Phi) is 7.91. The van der Waals surface area contributed by atoms with E-state index in [-0.39, 0.29) is 11.0 Å². The van der Waals surface area contributed by atoms with Crippen molar-refractivity contribution in [2.45, 2.75) is 24.0 Å². The smallest absolute Gasteiger partial charge is 0.390 e. The summed E-state index contributed by atoms with van der Waals surface area (Å²) in [6.45, 7) is 0.817. The van der Waals surface area contributed by atoms with Gasteiger partial charge in [-0.15, -0.1) is 11.8 Å². The average Bonchev–Trinajstić information content (AvgIpc) is 2.61. The first-order chi connectivity index (χ1) is 12.0. The second-order valence-corrected chi connectivity index (χ2v) is 10.0. The minimum absolute atomic E-state index is 0.161. The van der Waals surface area contributed by atoms with Crippen LogP contribution in [0, 0.1) is 0 Å². The van der Waals surface area contributed by atoms with Crippen LogP contribution in [0.2, 0.25) is 0 Å². The maximum atomic E-state index is 13.0. The first kappa shape index (κ1) is 20.4. The summed E-state index contributed by atoms with van der Waals surface area (Å²) in [7, 11) is 0. The van der Waals surface area contributed by atoms with Crippen LogP contribution in [-0.2, 0) is 13.6 Å². The Labute approximate surface area is 157 Å². The summed E-state index contributed by atoms with van der Waals surface area (Å²) in [5.41, 5.74) is 1.62. The van der Waals surface area contributed by atoms with E-state index >= 15 is 0 Å². The molecule has 1 N–H and O–H groups in total. The number of rotatable bonds is 9. The molecule has 136 valence electrons. The molecule has 0 radical (unpaired) electrons. The molecule has 0 amide bonds. The molecule has 0 aliphatic carbocycles. The van der Waals surface area contributed by atoms with Crippen LogP contribution in [0.25, 0.3) is 0 Å². The van der Waals surface area contributed by atoms with Gasteiger partial charge in [0.1, 0.15) is 5.75 Å². The third-order valence-electron chi connectivity index (χ3n) is 3.45. The van der Waals surface area contributed by atoms with Gasteiger partial charge in [0.2, 0.25) is 0 Å².